The number of para-hydroxylation sites is 1. The van der Waals surface area contributed by atoms with Crippen molar-refractivity contribution < 1.29 is 18.7 Å². The number of benzene rings is 2. The highest BCUT2D eigenvalue weighted by molar-refractivity contribution is 5.96. The van der Waals surface area contributed by atoms with Crippen LogP contribution in [0.25, 0.3) is 11.0 Å². The molecule has 1 N–H and O–H groups in total. The summed E-state index contributed by atoms with van der Waals surface area (Å²) in [5.41, 5.74) is 1.69. The van der Waals surface area contributed by atoms with Crippen LogP contribution in [0.2, 0.25) is 0 Å². The topological polar surface area (TPSA) is 60.7 Å². The van der Waals surface area contributed by atoms with E-state index in [2.05, 4.69) is 19.2 Å². The predicted molar refractivity (Wildman–Crippen MR) is 103 cm³/mol. The summed E-state index contributed by atoms with van der Waals surface area (Å²) in [5, 5.41) is 4.02. The Balaban J connectivity index is 1.59. The third-order valence-electron chi connectivity index (χ3n) is 4.73. The van der Waals surface area contributed by atoms with Crippen molar-refractivity contribution in [3.8, 4) is 11.5 Å². The Morgan fingerprint density at radius 2 is 1.78 bits per heavy atom. The van der Waals surface area contributed by atoms with E-state index in [1.54, 1.807) is 6.07 Å². The molecule has 4 rings (SSSR count). The third-order valence-corrected chi connectivity index (χ3v) is 4.73. The number of hydrogen-bond donors (Lipinski definition) is 1. The number of carbonyl (C=O) groups excluding carboxylic acids is 1. The predicted octanol–water partition coefficient (Wildman–Crippen LogP) is 4.72. The van der Waals surface area contributed by atoms with Crippen molar-refractivity contribution >= 4 is 16.9 Å². The van der Waals surface area contributed by atoms with E-state index in [-0.39, 0.29) is 17.9 Å². The first kappa shape index (κ1) is 17.5. The Morgan fingerprint density at radius 3 is 2.56 bits per heavy atom. The molecule has 5 nitrogen and oxygen atoms in total. The third kappa shape index (κ3) is 3.63. The fourth-order valence-corrected chi connectivity index (χ4v) is 3.31. The molecular formula is C22H23NO4. The van der Waals surface area contributed by atoms with Crippen LogP contribution in [0, 0.1) is 5.92 Å². The zero-order valence-corrected chi connectivity index (χ0v) is 15.5. The zero-order valence-electron chi connectivity index (χ0n) is 15.5. The lowest BCUT2D eigenvalue weighted by molar-refractivity contribution is 0.0899. The second-order valence-corrected chi connectivity index (χ2v) is 7.10. The number of amides is 1. The lowest BCUT2D eigenvalue weighted by Crippen LogP contribution is -2.31. The van der Waals surface area contributed by atoms with Gasteiger partial charge >= 0.3 is 0 Å². The van der Waals surface area contributed by atoms with Crippen LogP contribution in [0.4, 0.5) is 0 Å². The van der Waals surface area contributed by atoms with Crippen LogP contribution in [0.15, 0.2) is 52.9 Å². The van der Waals surface area contributed by atoms with Crippen LogP contribution in [-0.4, -0.2) is 19.1 Å². The lowest BCUT2D eigenvalue weighted by Gasteiger charge is -2.23. The molecule has 2 heterocycles. The number of carbonyl (C=O) groups is 1. The van der Waals surface area contributed by atoms with Gasteiger partial charge < -0.3 is 19.2 Å². The maximum Gasteiger partial charge on any atom is 0.287 e. The van der Waals surface area contributed by atoms with Gasteiger partial charge in [-0.25, -0.2) is 0 Å². The largest absolute Gasteiger partial charge is 0.490 e. The number of rotatable bonds is 4. The fraction of sp³-hybridized carbons (Fsp3) is 0.318. The summed E-state index contributed by atoms with van der Waals surface area (Å²) in [5.74, 6) is 1.77. The Labute approximate surface area is 158 Å². The van der Waals surface area contributed by atoms with Crippen molar-refractivity contribution in [3.05, 3.63) is 59.9 Å². The number of hydrogen-bond acceptors (Lipinski definition) is 4. The second-order valence-electron chi connectivity index (χ2n) is 7.10. The van der Waals surface area contributed by atoms with Crippen molar-refractivity contribution in [2.75, 3.05) is 13.2 Å². The molecule has 0 spiro atoms. The minimum atomic E-state index is -0.225. The molecule has 1 aliphatic heterocycles. The second kappa shape index (κ2) is 7.35. The van der Waals surface area contributed by atoms with Crippen molar-refractivity contribution in [1.82, 2.24) is 5.32 Å². The zero-order chi connectivity index (χ0) is 18.8. The van der Waals surface area contributed by atoms with Crippen molar-refractivity contribution in [2.45, 2.75) is 26.3 Å². The highest BCUT2D eigenvalue weighted by Gasteiger charge is 2.23. The van der Waals surface area contributed by atoms with Crippen molar-refractivity contribution in [3.63, 3.8) is 0 Å². The molecule has 27 heavy (non-hydrogen) atoms. The SMILES string of the molecule is CC(C)C(NC(=O)c1cc2ccccc2o1)c1ccc2c(c1)OCCCO2. The molecule has 1 unspecified atom stereocenters. The highest BCUT2D eigenvalue weighted by Crippen LogP contribution is 2.34. The van der Waals surface area contributed by atoms with Gasteiger partial charge in [0.1, 0.15) is 5.58 Å². The molecule has 1 atom stereocenters. The Hall–Kier alpha value is -2.95. The Bertz CT molecular complexity index is 927. The van der Waals surface area contributed by atoms with Gasteiger partial charge in [-0.05, 0) is 35.7 Å². The van der Waals surface area contributed by atoms with E-state index < -0.39 is 0 Å². The van der Waals surface area contributed by atoms with Gasteiger partial charge in [-0.3, -0.25) is 4.79 Å². The normalized spacial score (nSPS) is 14.8. The monoisotopic (exact) mass is 365 g/mol. The summed E-state index contributed by atoms with van der Waals surface area (Å²) in [7, 11) is 0. The van der Waals surface area contributed by atoms with Gasteiger partial charge in [0.15, 0.2) is 17.3 Å². The van der Waals surface area contributed by atoms with Gasteiger partial charge in [0.05, 0.1) is 19.3 Å². The standard InChI is InChI=1S/C22H23NO4/c1-14(2)21(16-8-9-18-19(13-16)26-11-5-10-25-18)23-22(24)20-12-15-6-3-4-7-17(15)27-20/h3-4,6-9,12-14,21H,5,10-11H2,1-2H3,(H,23,24). The molecule has 1 aliphatic rings. The molecule has 0 saturated carbocycles. The maximum absolute atomic E-state index is 12.8. The Kier molecular flexibility index (Phi) is 4.75. The summed E-state index contributed by atoms with van der Waals surface area (Å²) in [4.78, 5) is 12.8. The first-order valence-corrected chi connectivity index (χ1v) is 9.31. The van der Waals surface area contributed by atoms with E-state index in [1.165, 1.54) is 0 Å². The summed E-state index contributed by atoms with van der Waals surface area (Å²) in [6.07, 6.45) is 0.862. The molecule has 0 fully saturated rings. The summed E-state index contributed by atoms with van der Waals surface area (Å²) in [6, 6.07) is 15.1. The van der Waals surface area contributed by atoms with E-state index in [0.29, 0.717) is 24.6 Å². The average Bonchev–Trinajstić information content (AvgIpc) is 2.97. The Morgan fingerprint density at radius 1 is 1.00 bits per heavy atom. The van der Waals surface area contributed by atoms with E-state index in [0.717, 1.165) is 28.9 Å². The first-order chi connectivity index (χ1) is 13.1. The van der Waals surface area contributed by atoms with Crippen LogP contribution in [-0.2, 0) is 0 Å². The van der Waals surface area contributed by atoms with Crippen molar-refractivity contribution in [1.29, 1.82) is 0 Å². The summed E-state index contributed by atoms with van der Waals surface area (Å²) in [6.45, 7) is 5.44. The minimum Gasteiger partial charge on any atom is -0.490 e. The highest BCUT2D eigenvalue weighted by atomic mass is 16.5. The summed E-state index contributed by atoms with van der Waals surface area (Å²) >= 11 is 0. The van der Waals surface area contributed by atoms with Gasteiger partial charge in [-0.15, -0.1) is 0 Å². The molecule has 1 aromatic heterocycles. The van der Waals surface area contributed by atoms with E-state index in [4.69, 9.17) is 13.9 Å². The molecule has 1 amide bonds. The maximum atomic E-state index is 12.8. The van der Waals surface area contributed by atoms with Crippen LogP contribution in [0.1, 0.15) is 42.4 Å². The van der Waals surface area contributed by atoms with Crippen LogP contribution in [0.5, 0.6) is 11.5 Å². The molecular weight excluding hydrogens is 342 g/mol. The van der Waals surface area contributed by atoms with Gasteiger partial charge in [0.25, 0.3) is 5.91 Å². The molecule has 0 bridgehead atoms. The van der Waals surface area contributed by atoms with Gasteiger partial charge in [-0.1, -0.05) is 38.1 Å². The lowest BCUT2D eigenvalue weighted by atomic mass is 9.95. The molecule has 2 aromatic carbocycles. The van der Waals surface area contributed by atoms with Crippen LogP contribution in [0.3, 0.4) is 0 Å². The molecule has 140 valence electrons. The first-order valence-electron chi connectivity index (χ1n) is 9.31. The van der Waals surface area contributed by atoms with Gasteiger partial charge in [0.2, 0.25) is 0 Å². The smallest absolute Gasteiger partial charge is 0.287 e. The number of ether oxygens (including phenoxy) is 2. The molecule has 3 aromatic rings. The number of fused-ring (bicyclic) bond motifs is 2. The van der Waals surface area contributed by atoms with Crippen LogP contribution >= 0.6 is 0 Å². The quantitative estimate of drug-likeness (QED) is 0.727. The van der Waals surface area contributed by atoms with E-state index in [1.807, 2.05) is 42.5 Å². The van der Waals surface area contributed by atoms with Crippen LogP contribution < -0.4 is 14.8 Å². The van der Waals surface area contributed by atoms with Gasteiger partial charge in [-0.2, -0.15) is 0 Å². The summed E-state index contributed by atoms with van der Waals surface area (Å²) < 4.78 is 17.2. The minimum absolute atomic E-state index is 0.164. The molecule has 5 heteroatoms. The van der Waals surface area contributed by atoms with E-state index >= 15 is 0 Å². The fourth-order valence-electron chi connectivity index (χ4n) is 3.31. The average molecular weight is 365 g/mol. The van der Waals surface area contributed by atoms with E-state index in [9.17, 15) is 4.79 Å². The number of nitrogens with one attached hydrogen (secondary N) is 1. The van der Waals surface area contributed by atoms with Crippen molar-refractivity contribution in [2.24, 2.45) is 5.92 Å². The molecule has 0 saturated heterocycles. The van der Waals surface area contributed by atoms with Gasteiger partial charge in [0, 0.05) is 11.8 Å². The molecule has 0 radical (unpaired) electrons. The number of furan rings is 1. The molecule has 0 aliphatic carbocycles.